The minimum Gasteiger partial charge on any atom is -0.491 e. The van der Waals surface area contributed by atoms with E-state index < -0.39 is 5.97 Å². The molecule has 0 spiro atoms. The van der Waals surface area contributed by atoms with Crippen LogP contribution in [0.2, 0.25) is 0 Å². The smallest absolute Gasteiger partial charge is 0.335 e. The van der Waals surface area contributed by atoms with Crippen molar-refractivity contribution in [3.63, 3.8) is 0 Å². The normalized spacial score (nSPS) is 10.8. The van der Waals surface area contributed by atoms with Crippen LogP contribution in [0.4, 0.5) is 0 Å². The third-order valence-corrected chi connectivity index (χ3v) is 3.48. The molecule has 2 aromatic carbocycles. The predicted octanol–water partition coefficient (Wildman–Crippen LogP) is 4.02. The van der Waals surface area contributed by atoms with Gasteiger partial charge in [-0.1, -0.05) is 18.2 Å². The maximum Gasteiger partial charge on any atom is 0.335 e. The lowest BCUT2D eigenvalue weighted by Crippen LogP contribution is -2.06. The summed E-state index contributed by atoms with van der Waals surface area (Å²) in [6.07, 6.45) is 3.69. The molecule has 122 valence electrons. The van der Waals surface area contributed by atoms with E-state index >= 15 is 0 Å². The number of rotatable bonds is 5. The average Bonchev–Trinajstić information content (AvgIpc) is 3.04. The van der Waals surface area contributed by atoms with Crippen LogP contribution < -0.4 is 4.74 Å². The monoisotopic (exact) mass is 322 g/mol. The molecule has 1 aromatic heterocycles. The van der Waals surface area contributed by atoms with Crippen LogP contribution in [0.5, 0.6) is 5.75 Å². The van der Waals surface area contributed by atoms with Crippen LogP contribution in [-0.2, 0) is 0 Å². The highest BCUT2D eigenvalue weighted by atomic mass is 16.5. The van der Waals surface area contributed by atoms with E-state index in [2.05, 4.69) is 5.10 Å². The first-order valence-electron chi connectivity index (χ1n) is 7.68. The van der Waals surface area contributed by atoms with Crippen molar-refractivity contribution >= 4 is 5.97 Å². The van der Waals surface area contributed by atoms with Crippen LogP contribution in [0.15, 0.2) is 60.9 Å². The van der Waals surface area contributed by atoms with Crippen LogP contribution in [0.25, 0.3) is 16.8 Å². The number of carbonyl (C=O) groups is 1. The fourth-order valence-electron chi connectivity index (χ4n) is 2.42. The molecule has 0 aliphatic carbocycles. The van der Waals surface area contributed by atoms with Crippen molar-refractivity contribution in [1.29, 1.82) is 0 Å². The summed E-state index contributed by atoms with van der Waals surface area (Å²) in [4.78, 5) is 11.1. The topological polar surface area (TPSA) is 64.3 Å². The summed E-state index contributed by atoms with van der Waals surface area (Å²) in [7, 11) is 0. The molecule has 0 aliphatic rings. The Labute approximate surface area is 140 Å². The first-order chi connectivity index (χ1) is 11.5. The van der Waals surface area contributed by atoms with Gasteiger partial charge in [0.15, 0.2) is 0 Å². The predicted molar refractivity (Wildman–Crippen MR) is 91.7 cm³/mol. The maximum atomic E-state index is 11.1. The van der Waals surface area contributed by atoms with E-state index in [0.29, 0.717) is 0 Å². The Balaban J connectivity index is 1.91. The lowest BCUT2D eigenvalue weighted by atomic mass is 10.1. The van der Waals surface area contributed by atoms with Gasteiger partial charge in [0.05, 0.1) is 23.6 Å². The third kappa shape index (κ3) is 3.46. The highest BCUT2D eigenvalue weighted by Crippen LogP contribution is 2.23. The van der Waals surface area contributed by atoms with Crippen molar-refractivity contribution in [2.75, 3.05) is 0 Å². The number of carboxylic acids is 1. The van der Waals surface area contributed by atoms with Crippen molar-refractivity contribution < 1.29 is 14.6 Å². The van der Waals surface area contributed by atoms with Gasteiger partial charge in [-0.2, -0.15) is 5.10 Å². The van der Waals surface area contributed by atoms with E-state index in [0.717, 1.165) is 22.6 Å². The van der Waals surface area contributed by atoms with E-state index in [-0.39, 0.29) is 11.7 Å². The second-order valence-electron chi connectivity index (χ2n) is 5.72. The van der Waals surface area contributed by atoms with Gasteiger partial charge in [0.2, 0.25) is 0 Å². The molecular weight excluding hydrogens is 304 g/mol. The van der Waals surface area contributed by atoms with Gasteiger partial charge in [-0.25, -0.2) is 9.48 Å². The molecule has 0 atom stereocenters. The van der Waals surface area contributed by atoms with Gasteiger partial charge in [-0.15, -0.1) is 0 Å². The van der Waals surface area contributed by atoms with Crippen molar-refractivity contribution in [2.45, 2.75) is 20.0 Å². The number of hydrogen-bond donors (Lipinski definition) is 1. The standard InChI is InChI=1S/C19H18N2O3/c1-13(2)24-18-8-4-7-17(10-18)21-12-16(11-20-21)14-5-3-6-15(9-14)19(22)23/h3-13H,1-2H3,(H,22,23). The van der Waals surface area contributed by atoms with Crippen LogP contribution in [0.3, 0.4) is 0 Å². The summed E-state index contributed by atoms with van der Waals surface area (Å²) in [5.41, 5.74) is 2.81. The summed E-state index contributed by atoms with van der Waals surface area (Å²) in [5.74, 6) is -0.157. The Kier molecular flexibility index (Phi) is 4.33. The molecule has 0 fully saturated rings. The molecule has 5 heteroatoms. The molecule has 3 aromatic rings. The highest BCUT2D eigenvalue weighted by molar-refractivity contribution is 5.89. The Hall–Kier alpha value is -3.08. The van der Waals surface area contributed by atoms with E-state index in [9.17, 15) is 4.79 Å². The SMILES string of the molecule is CC(C)Oc1cccc(-n2cc(-c3cccc(C(=O)O)c3)cn2)c1. The molecular formula is C19H18N2O3. The fourth-order valence-corrected chi connectivity index (χ4v) is 2.42. The molecule has 0 amide bonds. The molecule has 0 unspecified atom stereocenters. The van der Waals surface area contributed by atoms with Crippen molar-refractivity contribution in [3.8, 4) is 22.6 Å². The van der Waals surface area contributed by atoms with E-state index in [1.54, 1.807) is 29.1 Å². The molecule has 5 nitrogen and oxygen atoms in total. The zero-order valence-corrected chi connectivity index (χ0v) is 13.5. The van der Waals surface area contributed by atoms with Gasteiger partial charge in [-0.3, -0.25) is 0 Å². The Bertz CT molecular complexity index is 868. The van der Waals surface area contributed by atoms with E-state index in [4.69, 9.17) is 9.84 Å². The Morgan fingerprint density at radius 1 is 1.12 bits per heavy atom. The Morgan fingerprint density at radius 2 is 1.92 bits per heavy atom. The maximum absolute atomic E-state index is 11.1. The minimum absolute atomic E-state index is 0.104. The molecule has 3 rings (SSSR count). The van der Waals surface area contributed by atoms with Crippen LogP contribution >= 0.6 is 0 Å². The minimum atomic E-state index is -0.942. The van der Waals surface area contributed by atoms with E-state index in [1.165, 1.54) is 0 Å². The lowest BCUT2D eigenvalue weighted by Gasteiger charge is -2.10. The number of benzene rings is 2. The molecule has 0 aliphatic heterocycles. The molecule has 24 heavy (non-hydrogen) atoms. The van der Waals surface area contributed by atoms with Crippen LogP contribution in [0, 0.1) is 0 Å². The van der Waals surface area contributed by atoms with Gasteiger partial charge in [0, 0.05) is 17.8 Å². The average molecular weight is 322 g/mol. The zero-order valence-electron chi connectivity index (χ0n) is 13.5. The van der Waals surface area contributed by atoms with E-state index in [1.807, 2.05) is 50.4 Å². The number of carboxylic acid groups (broad SMARTS) is 1. The largest absolute Gasteiger partial charge is 0.491 e. The summed E-state index contributed by atoms with van der Waals surface area (Å²) >= 11 is 0. The Morgan fingerprint density at radius 3 is 2.67 bits per heavy atom. The van der Waals surface area contributed by atoms with Gasteiger partial charge in [-0.05, 0) is 43.7 Å². The highest BCUT2D eigenvalue weighted by Gasteiger charge is 2.08. The summed E-state index contributed by atoms with van der Waals surface area (Å²) < 4.78 is 7.45. The molecule has 1 heterocycles. The molecule has 0 radical (unpaired) electrons. The van der Waals surface area contributed by atoms with Gasteiger partial charge < -0.3 is 9.84 Å². The summed E-state index contributed by atoms with van der Waals surface area (Å²) in [5, 5.41) is 13.5. The molecule has 0 bridgehead atoms. The van der Waals surface area contributed by atoms with Crippen molar-refractivity contribution in [3.05, 3.63) is 66.5 Å². The van der Waals surface area contributed by atoms with Crippen LogP contribution in [0.1, 0.15) is 24.2 Å². The van der Waals surface area contributed by atoms with Gasteiger partial charge in [0.1, 0.15) is 5.75 Å². The molecule has 0 saturated heterocycles. The third-order valence-electron chi connectivity index (χ3n) is 3.48. The van der Waals surface area contributed by atoms with Gasteiger partial charge >= 0.3 is 5.97 Å². The number of ether oxygens (including phenoxy) is 1. The van der Waals surface area contributed by atoms with Gasteiger partial charge in [0.25, 0.3) is 0 Å². The molecule has 1 N–H and O–H groups in total. The summed E-state index contributed by atoms with van der Waals surface area (Å²) in [6.45, 7) is 3.96. The van der Waals surface area contributed by atoms with Crippen molar-refractivity contribution in [2.24, 2.45) is 0 Å². The molecule has 0 saturated carbocycles. The zero-order chi connectivity index (χ0) is 17.1. The second-order valence-corrected chi connectivity index (χ2v) is 5.72. The second kappa shape index (κ2) is 6.58. The summed E-state index contributed by atoms with van der Waals surface area (Å²) in [6, 6.07) is 14.5. The van der Waals surface area contributed by atoms with Crippen molar-refractivity contribution in [1.82, 2.24) is 9.78 Å². The number of hydrogen-bond acceptors (Lipinski definition) is 3. The number of aromatic carboxylic acids is 1. The number of aromatic nitrogens is 2. The number of nitrogens with zero attached hydrogens (tertiary/aromatic N) is 2. The lowest BCUT2D eigenvalue weighted by molar-refractivity contribution is 0.0697. The fraction of sp³-hybridized carbons (Fsp3) is 0.158. The van der Waals surface area contributed by atoms with Crippen LogP contribution in [-0.4, -0.2) is 27.0 Å². The quantitative estimate of drug-likeness (QED) is 0.770. The first kappa shape index (κ1) is 15.8. The first-order valence-corrected chi connectivity index (χ1v) is 7.68.